The molecule has 0 radical (unpaired) electrons. The Morgan fingerprint density at radius 1 is 1.32 bits per heavy atom. The average molecular weight is 439 g/mol. The van der Waals surface area contributed by atoms with E-state index < -0.39 is 20.8 Å². The Morgan fingerprint density at radius 2 is 1.95 bits per heavy atom. The van der Waals surface area contributed by atoms with Crippen molar-refractivity contribution in [2.45, 2.75) is 50.5 Å². The molecule has 0 bridgehead atoms. The Hall–Kier alpha value is 0.373. The first-order valence-corrected chi connectivity index (χ1v) is 14.1. The summed E-state index contributed by atoms with van der Waals surface area (Å²) in [6.07, 6.45) is 7.08. The molecule has 1 aliphatic rings. The predicted octanol–water partition coefficient (Wildman–Crippen LogP) is 5.28. The summed E-state index contributed by atoms with van der Waals surface area (Å²) >= 11 is 4.62. The molecule has 1 fully saturated rings. The fourth-order valence-electron chi connectivity index (χ4n) is 2.68. The molecule has 2 nitrogen and oxygen atoms in total. The van der Waals surface area contributed by atoms with E-state index in [1.165, 1.54) is 25.7 Å². The van der Waals surface area contributed by atoms with Crippen LogP contribution in [0.3, 0.4) is 0 Å². The van der Waals surface area contributed by atoms with Gasteiger partial charge < -0.3 is 17.4 Å². The summed E-state index contributed by atoms with van der Waals surface area (Å²) in [6, 6.07) is 4.41. The molecule has 2 atom stereocenters. The van der Waals surface area contributed by atoms with Crippen molar-refractivity contribution >= 4 is 35.9 Å². The summed E-state index contributed by atoms with van der Waals surface area (Å²) in [5, 5.41) is 0. The number of aryl methyl sites for hydroxylation is 1. The SMILES string of the molecule is COc1cc(C)c([S-])c(C=NC2CCCCC2C)c1.[Cl][Zr][Cl]. The van der Waals surface area contributed by atoms with Gasteiger partial charge in [0, 0.05) is 6.21 Å². The van der Waals surface area contributed by atoms with E-state index in [0.717, 1.165) is 21.8 Å². The van der Waals surface area contributed by atoms with Gasteiger partial charge in [0.25, 0.3) is 0 Å². The summed E-state index contributed by atoms with van der Waals surface area (Å²) in [5.74, 6) is 1.54. The molecule has 122 valence electrons. The Kier molecular flexibility index (Phi) is 10.2. The number of benzene rings is 1. The fourth-order valence-corrected chi connectivity index (χ4v) is 2.85. The molecule has 6 heteroatoms. The van der Waals surface area contributed by atoms with Gasteiger partial charge in [-0.15, -0.1) is 0 Å². The number of methoxy groups -OCH3 is 1. The van der Waals surface area contributed by atoms with Crippen LogP contribution < -0.4 is 4.74 Å². The topological polar surface area (TPSA) is 21.6 Å². The zero-order chi connectivity index (χ0) is 16.5. The third-order valence-corrected chi connectivity index (χ3v) is 4.54. The summed E-state index contributed by atoms with van der Waals surface area (Å²) < 4.78 is 5.30. The quantitative estimate of drug-likeness (QED) is 0.473. The minimum absolute atomic E-state index is 0.453. The first kappa shape index (κ1) is 20.4. The predicted molar refractivity (Wildman–Crippen MR) is 94.1 cm³/mol. The van der Waals surface area contributed by atoms with E-state index >= 15 is 0 Å². The third kappa shape index (κ3) is 6.47. The Bertz CT molecular complexity index is 499. The Morgan fingerprint density at radius 3 is 2.55 bits per heavy atom. The van der Waals surface area contributed by atoms with E-state index in [4.69, 9.17) is 39.4 Å². The Labute approximate surface area is 158 Å². The van der Waals surface area contributed by atoms with Gasteiger partial charge >= 0.3 is 37.9 Å². The molecule has 1 aromatic rings. The van der Waals surface area contributed by atoms with Gasteiger partial charge in [-0.1, -0.05) is 25.3 Å². The number of nitrogens with zero attached hydrogens (tertiary/aromatic N) is 1. The van der Waals surface area contributed by atoms with Crippen LogP contribution in [-0.4, -0.2) is 19.4 Å². The molecule has 2 rings (SSSR count). The van der Waals surface area contributed by atoms with Gasteiger partial charge in [-0.25, -0.2) is 0 Å². The molecular weight excluding hydrogens is 416 g/mol. The fraction of sp³-hybridized carbons (Fsp3) is 0.562. The number of rotatable bonds is 3. The number of ether oxygens (including phenoxy) is 1. The second-order valence-electron chi connectivity index (χ2n) is 5.54. The van der Waals surface area contributed by atoms with Gasteiger partial charge in [-0.3, -0.25) is 4.99 Å². The molecule has 1 aromatic carbocycles. The van der Waals surface area contributed by atoms with Crippen molar-refractivity contribution in [1.29, 1.82) is 0 Å². The van der Waals surface area contributed by atoms with Gasteiger partial charge in [0.2, 0.25) is 0 Å². The van der Waals surface area contributed by atoms with Gasteiger partial charge in [0.05, 0.1) is 13.2 Å². The van der Waals surface area contributed by atoms with Crippen molar-refractivity contribution in [1.82, 2.24) is 0 Å². The van der Waals surface area contributed by atoms with E-state index in [1.54, 1.807) is 7.11 Å². The van der Waals surface area contributed by atoms with Crippen molar-refractivity contribution < 1.29 is 25.6 Å². The van der Waals surface area contributed by atoms with Crippen LogP contribution in [0.25, 0.3) is 0 Å². The normalized spacial score (nSPS) is 21.1. The molecule has 0 amide bonds. The van der Waals surface area contributed by atoms with Crippen LogP contribution in [-0.2, 0) is 33.5 Å². The number of aliphatic imine (C=N–C) groups is 1. The summed E-state index contributed by atoms with van der Waals surface area (Å²) in [4.78, 5) is 5.65. The molecule has 0 aliphatic heterocycles. The molecule has 1 aliphatic carbocycles. The van der Waals surface area contributed by atoms with Crippen molar-refractivity contribution in [2.24, 2.45) is 10.9 Å². The maximum atomic E-state index is 5.45. The molecule has 0 aromatic heterocycles. The molecular formula is C16H22Cl2NOSZr-. The molecule has 2 unspecified atom stereocenters. The second-order valence-corrected chi connectivity index (χ2v) is 9.68. The second kappa shape index (κ2) is 11.0. The first-order valence-electron chi connectivity index (χ1n) is 7.38. The van der Waals surface area contributed by atoms with Crippen molar-refractivity contribution in [3.63, 3.8) is 0 Å². The van der Waals surface area contributed by atoms with E-state index in [9.17, 15) is 0 Å². The zero-order valence-corrected chi connectivity index (χ0v) is 18.0. The Balaban J connectivity index is 0.000000745. The van der Waals surface area contributed by atoms with Crippen LogP contribution in [0.15, 0.2) is 22.0 Å². The maximum absolute atomic E-state index is 5.45. The third-order valence-electron chi connectivity index (χ3n) is 3.98. The monoisotopic (exact) mass is 436 g/mol. The van der Waals surface area contributed by atoms with Crippen molar-refractivity contribution in [3.8, 4) is 5.75 Å². The number of hydrogen-bond donors (Lipinski definition) is 0. The van der Waals surface area contributed by atoms with Crippen LogP contribution in [0.4, 0.5) is 0 Å². The van der Waals surface area contributed by atoms with Gasteiger partial charge in [-0.05, 0) is 43.4 Å². The molecule has 22 heavy (non-hydrogen) atoms. The summed E-state index contributed by atoms with van der Waals surface area (Å²) in [5.41, 5.74) is 2.08. The van der Waals surface area contributed by atoms with E-state index in [-0.39, 0.29) is 0 Å². The average Bonchev–Trinajstić information content (AvgIpc) is 2.50. The van der Waals surface area contributed by atoms with Crippen LogP contribution in [0.2, 0.25) is 0 Å². The van der Waals surface area contributed by atoms with E-state index in [2.05, 4.69) is 6.92 Å². The first-order chi connectivity index (χ1) is 10.5. The van der Waals surface area contributed by atoms with Crippen molar-refractivity contribution in [2.75, 3.05) is 7.11 Å². The van der Waals surface area contributed by atoms with Gasteiger partial charge in [-0.2, -0.15) is 4.90 Å². The van der Waals surface area contributed by atoms with E-state index in [0.29, 0.717) is 12.0 Å². The molecule has 0 saturated heterocycles. The standard InChI is InChI=1S/C16H23NOS.2ClH.Zr/c1-11-6-4-5-7-15(11)17-10-13-9-14(18-3)8-12(2)16(13)19;;;/h8-11,15,19H,4-7H2,1-3H3;2*1H;/q;;;+2/p-3. The molecule has 0 heterocycles. The van der Waals surface area contributed by atoms with Gasteiger partial charge in [0.1, 0.15) is 5.75 Å². The molecule has 1 saturated carbocycles. The van der Waals surface area contributed by atoms with Crippen LogP contribution >= 0.6 is 17.0 Å². The van der Waals surface area contributed by atoms with E-state index in [1.807, 2.05) is 25.3 Å². The molecule has 0 N–H and O–H groups in total. The van der Waals surface area contributed by atoms with Crippen LogP contribution in [0.1, 0.15) is 43.7 Å². The zero-order valence-electron chi connectivity index (χ0n) is 13.2. The number of halogens is 2. The van der Waals surface area contributed by atoms with Gasteiger partial charge in [0.15, 0.2) is 0 Å². The summed E-state index contributed by atoms with van der Waals surface area (Å²) in [7, 11) is 11.6. The minimum atomic E-state index is -0.826. The summed E-state index contributed by atoms with van der Waals surface area (Å²) in [6.45, 7) is 4.32. The number of hydrogen-bond acceptors (Lipinski definition) is 3. The van der Waals surface area contributed by atoms with Crippen LogP contribution in [0, 0.1) is 12.8 Å². The molecule has 0 spiro atoms. The van der Waals surface area contributed by atoms with Crippen molar-refractivity contribution in [3.05, 3.63) is 23.3 Å². The van der Waals surface area contributed by atoms with Crippen LogP contribution in [0.5, 0.6) is 5.75 Å².